The maximum atomic E-state index is 13.3. The molecule has 0 radical (unpaired) electrons. The monoisotopic (exact) mass is 523 g/mol. The topological polar surface area (TPSA) is 117 Å². The largest absolute Gasteiger partial charge is 0.341 e. The number of halogens is 3. The standard InChI is InChI=1S/C19H24Cl3N5O4S/c1-12-4-8-26(9-5-12)18(28)14(6-10-27-11-7-23-19(27)24-29)25-32(30,31)15-3-2-13(20)16(21)17(15)22/h2-3,7,11-12,14,25,29H,4-6,8-10H2,1H3,(H,23,24). The molecule has 9 nitrogen and oxygen atoms in total. The Morgan fingerprint density at radius 1 is 1.25 bits per heavy atom. The van der Waals surface area contributed by atoms with Crippen LogP contribution in [0, 0.1) is 5.92 Å². The minimum absolute atomic E-state index is 0.0822. The van der Waals surface area contributed by atoms with Crippen LogP contribution in [0.1, 0.15) is 26.2 Å². The van der Waals surface area contributed by atoms with Gasteiger partial charge in [-0.2, -0.15) is 4.72 Å². The average Bonchev–Trinajstić information content (AvgIpc) is 3.22. The third-order valence-corrected chi connectivity index (χ3v) is 8.37. The first kappa shape index (κ1) is 25.1. The molecule has 1 atom stereocenters. The lowest BCUT2D eigenvalue weighted by molar-refractivity contribution is -0.134. The molecule has 13 heteroatoms. The molecule has 1 unspecified atom stereocenters. The smallest absolute Gasteiger partial charge is 0.242 e. The summed E-state index contributed by atoms with van der Waals surface area (Å²) in [5, 5.41) is 8.99. The molecular formula is C19H24Cl3N5O4S. The highest BCUT2D eigenvalue weighted by Crippen LogP contribution is 2.35. The number of aromatic nitrogens is 2. The maximum absolute atomic E-state index is 13.3. The lowest BCUT2D eigenvalue weighted by Gasteiger charge is -2.33. The van der Waals surface area contributed by atoms with Crippen molar-refractivity contribution in [1.82, 2.24) is 19.2 Å². The number of nitrogens with zero attached hydrogens (tertiary/aromatic N) is 3. The number of imidazole rings is 1. The highest BCUT2D eigenvalue weighted by atomic mass is 35.5. The van der Waals surface area contributed by atoms with Crippen LogP contribution in [0.2, 0.25) is 15.1 Å². The molecule has 0 spiro atoms. The van der Waals surface area contributed by atoms with Crippen molar-refractivity contribution < 1.29 is 18.4 Å². The normalized spacial score (nSPS) is 16.2. The van der Waals surface area contributed by atoms with Gasteiger partial charge in [-0.3, -0.25) is 10.0 Å². The van der Waals surface area contributed by atoms with E-state index in [1.165, 1.54) is 18.3 Å². The Balaban J connectivity index is 1.85. The number of benzene rings is 1. The number of piperidine rings is 1. The van der Waals surface area contributed by atoms with Gasteiger partial charge in [0.1, 0.15) is 10.9 Å². The lowest BCUT2D eigenvalue weighted by atomic mass is 9.98. The van der Waals surface area contributed by atoms with Crippen LogP contribution in [0.3, 0.4) is 0 Å². The van der Waals surface area contributed by atoms with E-state index in [0.717, 1.165) is 12.8 Å². The van der Waals surface area contributed by atoms with Crippen molar-refractivity contribution in [2.24, 2.45) is 5.92 Å². The number of carbonyl (C=O) groups is 1. The van der Waals surface area contributed by atoms with Gasteiger partial charge in [0, 0.05) is 32.0 Å². The molecule has 1 aromatic heterocycles. The summed E-state index contributed by atoms with van der Waals surface area (Å²) in [7, 11) is -4.19. The number of amides is 1. The quantitative estimate of drug-likeness (QED) is 0.359. The summed E-state index contributed by atoms with van der Waals surface area (Å²) in [5.41, 5.74) is 1.96. The molecule has 1 aliphatic heterocycles. The van der Waals surface area contributed by atoms with Crippen LogP contribution in [-0.4, -0.2) is 53.1 Å². The van der Waals surface area contributed by atoms with E-state index in [0.29, 0.717) is 19.0 Å². The molecule has 1 fully saturated rings. The van der Waals surface area contributed by atoms with Crippen LogP contribution < -0.4 is 10.2 Å². The molecule has 1 aromatic carbocycles. The van der Waals surface area contributed by atoms with Gasteiger partial charge in [0.05, 0.1) is 15.1 Å². The van der Waals surface area contributed by atoms with Crippen molar-refractivity contribution >= 4 is 56.7 Å². The van der Waals surface area contributed by atoms with Crippen molar-refractivity contribution in [3.05, 3.63) is 39.6 Å². The molecule has 1 aliphatic rings. The number of hydrogen-bond acceptors (Lipinski definition) is 6. The zero-order valence-corrected chi connectivity index (χ0v) is 20.3. The number of hydrogen-bond donors (Lipinski definition) is 3. The number of likely N-dealkylation sites (tertiary alicyclic amines) is 1. The number of anilines is 1. The summed E-state index contributed by atoms with van der Waals surface area (Å²) < 4.78 is 30.3. The molecule has 3 rings (SSSR count). The predicted molar refractivity (Wildman–Crippen MR) is 123 cm³/mol. The summed E-state index contributed by atoms with van der Waals surface area (Å²) in [6.45, 7) is 3.46. The van der Waals surface area contributed by atoms with E-state index in [1.54, 1.807) is 15.7 Å². The fraction of sp³-hybridized carbons (Fsp3) is 0.474. The van der Waals surface area contributed by atoms with Crippen LogP contribution >= 0.6 is 34.8 Å². The van der Waals surface area contributed by atoms with Crippen molar-refractivity contribution in [1.29, 1.82) is 0 Å². The van der Waals surface area contributed by atoms with Crippen LogP contribution in [-0.2, 0) is 21.4 Å². The summed E-state index contributed by atoms with van der Waals surface area (Å²) >= 11 is 18.1. The van der Waals surface area contributed by atoms with E-state index in [-0.39, 0.29) is 44.8 Å². The first-order valence-electron chi connectivity index (χ1n) is 10.00. The van der Waals surface area contributed by atoms with Gasteiger partial charge in [-0.25, -0.2) is 18.9 Å². The van der Waals surface area contributed by atoms with E-state index >= 15 is 0 Å². The second kappa shape index (κ2) is 10.6. The highest BCUT2D eigenvalue weighted by Gasteiger charge is 2.32. The fourth-order valence-electron chi connectivity index (χ4n) is 3.52. The Kier molecular flexibility index (Phi) is 8.29. The number of aryl methyl sites for hydroxylation is 1. The van der Waals surface area contributed by atoms with Crippen molar-refractivity contribution in [3.63, 3.8) is 0 Å². The van der Waals surface area contributed by atoms with E-state index in [4.69, 9.17) is 40.0 Å². The Hall–Kier alpha value is -1.56. The minimum atomic E-state index is -4.19. The first-order valence-corrected chi connectivity index (χ1v) is 12.6. The van der Waals surface area contributed by atoms with E-state index in [2.05, 4.69) is 16.6 Å². The number of sulfonamides is 1. The molecule has 176 valence electrons. The van der Waals surface area contributed by atoms with Gasteiger partial charge in [0.25, 0.3) is 0 Å². The molecule has 2 heterocycles. The molecule has 1 amide bonds. The summed E-state index contributed by atoms with van der Waals surface area (Å²) in [5.74, 6) is 0.363. The van der Waals surface area contributed by atoms with Crippen LogP contribution in [0.25, 0.3) is 0 Å². The van der Waals surface area contributed by atoms with Crippen molar-refractivity contribution in [3.8, 4) is 0 Å². The third kappa shape index (κ3) is 5.67. The summed E-state index contributed by atoms with van der Waals surface area (Å²) in [6.07, 6.45) is 4.90. The van der Waals surface area contributed by atoms with Gasteiger partial charge >= 0.3 is 0 Å². The third-order valence-electron chi connectivity index (χ3n) is 5.45. The Bertz CT molecular complexity index is 1070. The molecule has 3 N–H and O–H groups in total. The second-order valence-corrected chi connectivity index (χ2v) is 10.5. The Labute approximate surface area is 201 Å². The zero-order chi connectivity index (χ0) is 23.5. The SMILES string of the molecule is CC1CCN(C(=O)C(CCn2ccnc2NO)NS(=O)(=O)c2ccc(Cl)c(Cl)c2Cl)CC1. The maximum Gasteiger partial charge on any atom is 0.242 e. The van der Waals surface area contributed by atoms with E-state index in [1.807, 2.05) is 5.48 Å². The van der Waals surface area contributed by atoms with Gasteiger partial charge in [0.15, 0.2) is 0 Å². The number of nitrogens with one attached hydrogen (secondary N) is 2. The number of carbonyl (C=O) groups excluding carboxylic acids is 1. The zero-order valence-electron chi connectivity index (χ0n) is 17.3. The van der Waals surface area contributed by atoms with Crippen LogP contribution in [0.15, 0.2) is 29.4 Å². The molecule has 0 saturated carbocycles. The summed E-state index contributed by atoms with van der Waals surface area (Å²) in [6, 6.07) is 1.51. The Morgan fingerprint density at radius 3 is 2.59 bits per heavy atom. The van der Waals surface area contributed by atoms with Crippen molar-refractivity contribution in [2.45, 2.75) is 43.7 Å². The highest BCUT2D eigenvalue weighted by molar-refractivity contribution is 7.89. The molecule has 1 saturated heterocycles. The van der Waals surface area contributed by atoms with E-state index < -0.39 is 16.1 Å². The second-order valence-electron chi connectivity index (χ2n) is 7.70. The predicted octanol–water partition coefficient (Wildman–Crippen LogP) is 3.64. The molecule has 0 bridgehead atoms. The average molecular weight is 525 g/mol. The minimum Gasteiger partial charge on any atom is -0.341 e. The van der Waals surface area contributed by atoms with Gasteiger partial charge in [-0.15, -0.1) is 0 Å². The van der Waals surface area contributed by atoms with Gasteiger partial charge in [-0.1, -0.05) is 41.7 Å². The number of rotatable bonds is 8. The molecular weight excluding hydrogens is 501 g/mol. The molecule has 32 heavy (non-hydrogen) atoms. The summed E-state index contributed by atoms with van der Waals surface area (Å²) in [4.78, 5) is 18.6. The molecule has 0 aliphatic carbocycles. The molecule has 2 aromatic rings. The lowest BCUT2D eigenvalue weighted by Crippen LogP contribution is -2.51. The first-order chi connectivity index (χ1) is 15.1. The fourth-order valence-corrected chi connectivity index (χ4v) is 5.72. The van der Waals surface area contributed by atoms with Crippen molar-refractivity contribution in [2.75, 3.05) is 18.6 Å². The van der Waals surface area contributed by atoms with Gasteiger partial charge in [0.2, 0.25) is 21.9 Å². The van der Waals surface area contributed by atoms with Crippen LogP contribution in [0.4, 0.5) is 5.95 Å². The van der Waals surface area contributed by atoms with Crippen LogP contribution in [0.5, 0.6) is 0 Å². The van der Waals surface area contributed by atoms with E-state index in [9.17, 15) is 13.2 Å². The van der Waals surface area contributed by atoms with Gasteiger partial charge in [-0.05, 0) is 37.3 Å². The van der Waals surface area contributed by atoms with Gasteiger partial charge < -0.3 is 9.47 Å². The Morgan fingerprint density at radius 2 is 1.94 bits per heavy atom.